The van der Waals surface area contributed by atoms with Crippen molar-refractivity contribution in [1.82, 2.24) is 15.4 Å². The molecule has 0 spiro atoms. The van der Waals surface area contributed by atoms with E-state index in [0.717, 1.165) is 38.6 Å². The molecular weight excluding hydrogens is 336 g/mol. The third kappa shape index (κ3) is 3.08. The molecule has 0 aliphatic heterocycles. The number of rotatable bonds is 3. The van der Waals surface area contributed by atoms with Crippen molar-refractivity contribution >= 4 is 33.9 Å². The van der Waals surface area contributed by atoms with Crippen molar-refractivity contribution < 1.29 is 4.79 Å². The van der Waals surface area contributed by atoms with E-state index >= 15 is 0 Å². The second-order valence-corrected chi connectivity index (χ2v) is 6.68. The molecule has 5 nitrogen and oxygen atoms in total. The van der Waals surface area contributed by atoms with E-state index in [-0.39, 0.29) is 5.91 Å². The first-order valence-electron chi connectivity index (χ1n) is 8.82. The SMILES string of the molecule is Cc1nc2c(C)cccc2cc1C(=O)NN=Cc1c(C)[nH]c2ccccc12. The number of amides is 1. The first kappa shape index (κ1) is 17.0. The first-order chi connectivity index (χ1) is 13.0. The Bertz CT molecular complexity index is 1200. The zero-order valence-corrected chi connectivity index (χ0v) is 15.5. The maximum atomic E-state index is 12.6. The largest absolute Gasteiger partial charge is 0.358 e. The number of nitrogens with one attached hydrogen (secondary N) is 2. The van der Waals surface area contributed by atoms with Gasteiger partial charge in [0.15, 0.2) is 0 Å². The molecule has 1 amide bonds. The van der Waals surface area contributed by atoms with Crippen LogP contribution in [0, 0.1) is 20.8 Å². The molecule has 5 heteroatoms. The topological polar surface area (TPSA) is 70.1 Å². The minimum Gasteiger partial charge on any atom is -0.358 e. The summed E-state index contributed by atoms with van der Waals surface area (Å²) < 4.78 is 0. The fraction of sp³-hybridized carbons (Fsp3) is 0.136. The van der Waals surface area contributed by atoms with Gasteiger partial charge in [0, 0.05) is 27.5 Å². The van der Waals surface area contributed by atoms with Gasteiger partial charge in [0.25, 0.3) is 5.91 Å². The van der Waals surface area contributed by atoms with Gasteiger partial charge in [0.2, 0.25) is 0 Å². The minimum atomic E-state index is -0.267. The van der Waals surface area contributed by atoms with Crippen molar-refractivity contribution in [1.29, 1.82) is 0 Å². The van der Waals surface area contributed by atoms with E-state index in [2.05, 4.69) is 20.5 Å². The molecule has 0 fully saturated rings. The summed E-state index contributed by atoms with van der Waals surface area (Å²) in [5, 5.41) is 6.19. The van der Waals surface area contributed by atoms with Crippen LogP contribution in [0.4, 0.5) is 0 Å². The number of nitrogens with zero attached hydrogens (tertiary/aromatic N) is 2. The zero-order chi connectivity index (χ0) is 19.0. The normalized spacial score (nSPS) is 11.5. The van der Waals surface area contributed by atoms with Crippen LogP contribution in [0.15, 0.2) is 53.6 Å². The van der Waals surface area contributed by atoms with Gasteiger partial charge in [-0.25, -0.2) is 5.43 Å². The Morgan fingerprint density at radius 1 is 1.11 bits per heavy atom. The lowest BCUT2D eigenvalue weighted by molar-refractivity contribution is 0.0954. The van der Waals surface area contributed by atoms with Crippen molar-refractivity contribution in [3.63, 3.8) is 0 Å². The third-order valence-electron chi connectivity index (χ3n) is 4.79. The lowest BCUT2D eigenvalue weighted by Gasteiger charge is -2.07. The highest BCUT2D eigenvalue weighted by atomic mass is 16.2. The molecule has 0 aliphatic rings. The molecule has 0 unspecified atom stereocenters. The molecule has 2 N–H and O–H groups in total. The van der Waals surface area contributed by atoms with Crippen LogP contribution in [-0.4, -0.2) is 22.1 Å². The highest BCUT2D eigenvalue weighted by Gasteiger charge is 2.12. The van der Waals surface area contributed by atoms with Crippen molar-refractivity contribution in [2.75, 3.05) is 0 Å². The molecule has 0 bridgehead atoms. The number of para-hydroxylation sites is 2. The van der Waals surface area contributed by atoms with Crippen LogP contribution in [0.25, 0.3) is 21.8 Å². The maximum absolute atomic E-state index is 12.6. The number of aromatic amines is 1. The summed E-state index contributed by atoms with van der Waals surface area (Å²) >= 11 is 0. The van der Waals surface area contributed by atoms with Crippen LogP contribution in [-0.2, 0) is 0 Å². The molecule has 4 aromatic rings. The van der Waals surface area contributed by atoms with E-state index in [0.29, 0.717) is 11.3 Å². The van der Waals surface area contributed by atoms with E-state index in [4.69, 9.17) is 0 Å². The number of carbonyl (C=O) groups excluding carboxylic acids is 1. The number of benzene rings is 2. The predicted octanol–water partition coefficient (Wildman–Crippen LogP) is 4.41. The molecule has 0 radical (unpaired) electrons. The number of aromatic nitrogens is 2. The van der Waals surface area contributed by atoms with Gasteiger partial charge >= 0.3 is 0 Å². The Balaban J connectivity index is 1.61. The molecule has 27 heavy (non-hydrogen) atoms. The Hall–Kier alpha value is -3.47. The lowest BCUT2D eigenvalue weighted by Crippen LogP contribution is -2.19. The van der Waals surface area contributed by atoms with Crippen molar-refractivity contribution in [3.05, 3.63) is 76.6 Å². The summed E-state index contributed by atoms with van der Waals surface area (Å²) in [5.41, 5.74) is 8.88. The zero-order valence-electron chi connectivity index (χ0n) is 15.5. The van der Waals surface area contributed by atoms with Gasteiger partial charge in [-0.2, -0.15) is 5.10 Å². The quantitative estimate of drug-likeness (QED) is 0.422. The Morgan fingerprint density at radius 3 is 2.78 bits per heavy atom. The number of aryl methyl sites for hydroxylation is 3. The fourth-order valence-corrected chi connectivity index (χ4v) is 3.35. The van der Waals surface area contributed by atoms with Crippen molar-refractivity contribution in [2.24, 2.45) is 5.10 Å². The number of hydrogen-bond acceptors (Lipinski definition) is 3. The molecule has 2 heterocycles. The summed E-state index contributed by atoms with van der Waals surface area (Å²) in [6.07, 6.45) is 1.68. The molecule has 2 aromatic heterocycles. The number of H-pyrrole nitrogens is 1. The smallest absolute Gasteiger partial charge is 0.273 e. The molecule has 0 saturated carbocycles. The lowest BCUT2D eigenvalue weighted by atomic mass is 10.1. The number of pyridine rings is 1. The van der Waals surface area contributed by atoms with Crippen LogP contribution in [0.1, 0.15) is 32.9 Å². The molecule has 0 aliphatic carbocycles. The standard InChI is InChI=1S/C22H20N4O/c1-13-7-6-8-16-11-18(14(2)25-21(13)16)22(27)26-23-12-19-15(3)24-20-10-5-4-9-17(19)20/h4-12,24H,1-3H3,(H,26,27). The average Bonchev–Trinajstić information content (AvgIpc) is 2.97. The average molecular weight is 356 g/mol. The Morgan fingerprint density at radius 2 is 1.93 bits per heavy atom. The summed E-state index contributed by atoms with van der Waals surface area (Å²) in [4.78, 5) is 20.5. The highest BCUT2D eigenvalue weighted by Crippen LogP contribution is 2.21. The Labute approximate surface area is 157 Å². The monoisotopic (exact) mass is 356 g/mol. The van der Waals surface area contributed by atoms with Gasteiger partial charge in [-0.05, 0) is 38.5 Å². The molecule has 0 saturated heterocycles. The van der Waals surface area contributed by atoms with Crippen LogP contribution in [0.2, 0.25) is 0 Å². The second-order valence-electron chi connectivity index (χ2n) is 6.68. The van der Waals surface area contributed by atoms with Gasteiger partial charge in [0.1, 0.15) is 0 Å². The maximum Gasteiger partial charge on any atom is 0.273 e. The summed E-state index contributed by atoms with van der Waals surface area (Å²) in [7, 11) is 0. The summed E-state index contributed by atoms with van der Waals surface area (Å²) in [6, 6.07) is 15.8. The molecule has 2 aromatic carbocycles. The fourth-order valence-electron chi connectivity index (χ4n) is 3.35. The van der Waals surface area contributed by atoms with Crippen LogP contribution in [0.3, 0.4) is 0 Å². The molecule has 134 valence electrons. The van der Waals surface area contributed by atoms with E-state index in [9.17, 15) is 4.79 Å². The van der Waals surface area contributed by atoms with E-state index < -0.39 is 0 Å². The van der Waals surface area contributed by atoms with Gasteiger partial charge < -0.3 is 4.98 Å². The van der Waals surface area contributed by atoms with Crippen molar-refractivity contribution in [2.45, 2.75) is 20.8 Å². The summed E-state index contributed by atoms with van der Waals surface area (Å²) in [6.45, 7) is 5.85. The molecule has 4 rings (SSSR count). The van der Waals surface area contributed by atoms with Crippen molar-refractivity contribution in [3.8, 4) is 0 Å². The minimum absolute atomic E-state index is 0.267. The third-order valence-corrected chi connectivity index (χ3v) is 4.79. The second kappa shape index (κ2) is 6.68. The molecular formula is C22H20N4O. The van der Waals surface area contributed by atoms with Gasteiger partial charge in [-0.1, -0.05) is 36.4 Å². The van der Waals surface area contributed by atoms with Crippen LogP contribution < -0.4 is 5.43 Å². The first-order valence-corrected chi connectivity index (χ1v) is 8.82. The predicted molar refractivity (Wildman–Crippen MR) is 109 cm³/mol. The summed E-state index contributed by atoms with van der Waals surface area (Å²) in [5.74, 6) is -0.267. The van der Waals surface area contributed by atoms with Crippen LogP contribution >= 0.6 is 0 Å². The number of hydrogen-bond donors (Lipinski definition) is 2. The number of fused-ring (bicyclic) bond motifs is 2. The van der Waals surface area contributed by atoms with Gasteiger partial charge in [-0.15, -0.1) is 0 Å². The number of carbonyl (C=O) groups is 1. The highest BCUT2D eigenvalue weighted by molar-refractivity contribution is 6.02. The number of hydrazone groups is 1. The Kier molecular flexibility index (Phi) is 4.20. The van der Waals surface area contributed by atoms with E-state index in [1.54, 1.807) is 6.21 Å². The molecule has 0 atom stereocenters. The van der Waals surface area contributed by atoms with E-state index in [1.165, 1.54) is 0 Å². The van der Waals surface area contributed by atoms with Crippen LogP contribution in [0.5, 0.6) is 0 Å². The van der Waals surface area contributed by atoms with Gasteiger partial charge in [-0.3, -0.25) is 9.78 Å². The van der Waals surface area contributed by atoms with E-state index in [1.807, 2.05) is 69.3 Å². The van der Waals surface area contributed by atoms with Gasteiger partial charge in [0.05, 0.1) is 23.0 Å².